The summed E-state index contributed by atoms with van der Waals surface area (Å²) in [5.41, 5.74) is 14.8. The van der Waals surface area contributed by atoms with Gasteiger partial charge in [0, 0.05) is 11.8 Å². The minimum absolute atomic E-state index is 0.371. The largest absolute Gasteiger partial charge is 0.387 e. The molecule has 1 aromatic heterocycles. The topological polar surface area (TPSA) is 63.3 Å². The average Bonchev–Trinajstić information content (AvgIpc) is 2.78. The molecule has 1 fully saturated rings. The van der Waals surface area contributed by atoms with E-state index in [0.29, 0.717) is 28.5 Å². The number of aryl methyl sites for hydroxylation is 1. The second kappa shape index (κ2) is 11.3. The molecule has 1 aromatic carbocycles. The quantitative estimate of drug-likeness (QED) is 0.335. The average molecular weight is 467 g/mol. The summed E-state index contributed by atoms with van der Waals surface area (Å²) < 4.78 is 0. The van der Waals surface area contributed by atoms with Crippen molar-refractivity contribution in [2.24, 2.45) is 16.6 Å². The lowest BCUT2D eigenvalue weighted by Gasteiger charge is -2.26. The normalized spacial score (nSPS) is 16.3. The summed E-state index contributed by atoms with van der Waals surface area (Å²) in [5.74, 6) is 1.94. The summed E-state index contributed by atoms with van der Waals surface area (Å²) in [6.07, 6.45) is 6.36. The molecule has 1 aliphatic rings. The van der Waals surface area contributed by atoms with Gasteiger partial charge in [0.2, 0.25) is 0 Å². The third-order valence-electron chi connectivity index (χ3n) is 6.62. The number of halogens is 1. The zero-order valence-corrected chi connectivity index (χ0v) is 21.8. The second-order valence-corrected chi connectivity index (χ2v) is 9.96. The molecule has 2 aromatic rings. The molecule has 0 saturated carbocycles. The number of nitrogens with one attached hydrogen (secondary N) is 1. The minimum Gasteiger partial charge on any atom is -0.387 e. The summed E-state index contributed by atoms with van der Waals surface area (Å²) in [5, 5.41) is 4.07. The summed E-state index contributed by atoms with van der Waals surface area (Å²) in [7, 11) is 0. The van der Waals surface area contributed by atoms with Crippen molar-refractivity contribution in [1.29, 1.82) is 0 Å². The van der Waals surface area contributed by atoms with Crippen molar-refractivity contribution in [1.82, 2.24) is 10.3 Å². The summed E-state index contributed by atoms with van der Waals surface area (Å²) in [4.78, 5) is 8.90. The van der Waals surface area contributed by atoms with Crippen LogP contribution in [0.25, 0.3) is 11.1 Å². The maximum atomic E-state index is 6.72. The number of pyridine rings is 1. The fourth-order valence-corrected chi connectivity index (χ4v) is 5.13. The van der Waals surface area contributed by atoms with Gasteiger partial charge in [-0.25, -0.2) is 9.98 Å². The van der Waals surface area contributed by atoms with Crippen molar-refractivity contribution >= 4 is 34.4 Å². The third-order valence-corrected chi connectivity index (χ3v) is 7.07. The molecule has 1 aliphatic heterocycles. The number of aromatic nitrogens is 1. The second-order valence-electron chi connectivity index (χ2n) is 9.58. The van der Waals surface area contributed by atoms with E-state index in [1.807, 2.05) is 6.20 Å². The van der Waals surface area contributed by atoms with Gasteiger partial charge in [-0.05, 0) is 98.4 Å². The van der Waals surface area contributed by atoms with E-state index in [2.05, 4.69) is 68.1 Å². The fourth-order valence-electron chi connectivity index (χ4n) is 4.94. The molecule has 5 heteroatoms. The van der Waals surface area contributed by atoms with Crippen molar-refractivity contribution in [2.45, 2.75) is 73.1 Å². The molecule has 0 bridgehead atoms. The Morgan fingerprint density at radius 1 is 1.21 bits per heavy atom. The van der Waals surface area contributed by atoms with E-state index in [-0.39, 0.29) is 0 Å². The highest BCUT2D eigenvalue weighted by Gasteiger charge is 2.22. The number of amidine groups is 1. The van der Waals surface area contributed by atoms with Crippen LogP contribution in [-0.4, -0.2) is 23.9 Å². The van der Waals surface area contributed by atoms with Gasteiger partial charge in [-0.15, -0.1) is 0 Å². The molecular weight excluding hydrogens is 428 g/mol. The zero-order valence-electron chi connectivity index (χ0n) is 21.1. The number of allylic oxidation sites excluding steroid dienone is 2. The molecule has 3 N–H and O–H groups in total. The fraction of sp³-hybridized carbons (Fsp3) is 0.500. The molecule has 1 saturated heterocycles. The molecule has 0 atom stereocenters. The van der Waals surface area contributed by atoms with Crippen LogP contribution >= 0.6 is 11.6 Å². The number of nitrogens with zero attached hydrogens (tertiary/aromatic N) is 2. The molecule has 0 radical (unpaired) electrons. The number of nitrogens with two attached hydrogens (primary N) is 1. The van der Waals surface area contributed by atoms with Crippen LogP contribution in [0.15, 0.2) is 29.4 Å². The lowest BCUT2D eigenvalue weighted by atomic mass is 9.81. The highest BCUT2D eigenvalue weighted by atomic mass is 35.5. The predicted molar refractivity (Wildman–Crippen MR) is 144 cm³/mol. The zero-order chi connectivity index (χ0) is 24.1. The Kier molecular flexibility index (Phi) is 8.72. The number of hydrogen-bond donors (Lipinski definition) is 2. The maximum Gasteiger partial charge on any atom is 0.172 e. The number of hydrogen-bond acceptors (Lipinski definition) is 3. The van der Waals surface area contributed by atoms with E-state index < -0.39 is 0 Å². The molecular formula is C28H39ClN4. The Labute approximate surface area is 204 Å². The Hall–Kier alpha value is -2.17. The Morgan fingerprint density at radius 2 is 1.91 bits per heavy atom. The molecule has 178 valence electrons. The monoisotopic (exact) mass is 466 g/mol. The number of piperidine rings is 1. The smallest absolute Gasteiger partial charge is 0.172 e. The van der Waals surface area contributed by atoms with Gasteiger partial charge in [-0.1, -0.05) is 57.0 Å². The van der Waals surface area contributed by atoms with Crippen LogP contribution in [0.1, 0.15) is 87.1 Å². The van der Waals surface area contributed by atoms with Gasteiger partial charge in [-0.3, -0.25) is 0 Å². The van der Waals surface area contributed by atoms with Gasteiger partial charge in [0.05, 0.1) is 10.9 Å². The molecule has 2 heterocycles. The van der Waals surface area contributed by atoms with Crippen molar-refractivity contribution in [3.8, 4) is 0 Å². The van der Waals surface area contributed by atoms with Crippen molar-refractivity contribution in [3.05, 3.63) is 57.2 Å². The third kappa shape index (κ3) is 5.85. The van der Waals surface area contributed by atoms with Crippen LogP contribution in [0.3, 0.4) is 0 Å². The van der Waals surface area contributed by atoms with Crippen LogP contribution in [-0.2, 0) is 0 Å². The van der Waals surface area contributed by atoms with E-state index in [1.165, 1.54) is 40.7 Å². The Balaban J connectivity index is 2.21. The summed E-state index contributed by atoms with van der Waals surface area (Å²) in [6, 6.07) is 7.09. The first kappa shape index (κ1) is 25.5. The van der Waals surface area contributed by atoms with Crippen LogP contribution < -0.4 is 11.1 Å². The number of aliphatic imine (C=N–C) groups is 1. The lowest BCUT2D eigenvalue weighted by molar-refractivity contribution is 0.460. The van der Waals surface area contributed by atoms with E-state index >= 15 is 0 Å². The van der Waals surface area contributed by atoms with Crippen molar-refractivity contribution < 1.29 is 0 Å². The molecule has 0 unspecified atom stereocenters. The Bertz CT molecular complexity index is 1040. The number of rotatable bonds is 7. The van der Waals surface area contributed by atoms with E-state index in [4.69, 9.17) is 17.3 Å². The lowest BCUT2D eigenvalue weighted by Crippen LogP contribution is -2.26. The molecule has 4 nitrogen and oxygen atoms in total. The number of benzene rings is 1. The van der Waals surface area contributed by atoms with Gasteiger partial charge in [-0.2, -0.15) is 0 Å². The maximum absolute atomic E-state index is 6.72. The summed E-state index contributed by atoms with van der Waals surface area (Å²) >= 11 is 6.72. The molecule has 33 heavy (non-hydrogen) atoms. The van der Waals surface area contributed by atoms with E-state index in [0.717, 1.165) is 37.1 Å². The first-order chi connectivity index (χ1) is 15.7. The first-order valence-electron chi connectivity index (χ1n) is 12.2. The standard InChI is InChI=1S/C28H39ClN4/c1-7-8-23(25-16-32-28(33-20(6)30)27(29)19(25)5)26(17(2)3)24-15-22(10-9-18(24)4)21-11-13-31-14-12-21/h9-10,15-17,21,31H,7-8,11-14H2,1-6H3,(H2,30,32,33)/b26-23+. The molecule has 0 spiro atoms. The summed E-state index contributed by atoms with van der Waals surface area (Å²) in [6.45, 7) is 15.1. The first-order valence-corrected chi connectivity index (χ1v) is 12.6. The highest BCUT2D eigenvalue weighted by molar-refractivity contribution is 6.33. The van der Waals surface area contributed by atoms with Gasteiger partial charge in [0.1, 0.15) is 0 Å². The van der Waals surface area contributed by atoms with Crippen LogP contribution in [0.2, 0.25) is 5.02 Å². The molecule has 0 amide bonds. The molecule has 0 aliphatic carbocycles. The van der Waals surface area contributed by atoms with Crippen LogP contribution in [0, 0.1) is 19.8 Å². The SMILES string of the molecule is CCC/C(=C(\c1cc(C2CCNCC2)ccc1C)C(C)C)c1cnc(N=C(C)N)c(Cl)c1C. The van der Waals surface area contributed by atoms with Crippen LogP contribution in [0.5, 0.6) is 0 Å². The van der Waals surface area contributed by atoms with Crippen LogP contribution in [0.4, 0.5) is 5.82 Å². The van der Waals surface area contributed by atoms with Gasteiger partial charge < -0.3 is 11.1 Å². The van der Waals surface area contributed by atoms with Gasteiger partial charge in [0.15, 0.2) is 5.82 Å². The highest BCUT2D eigenvalue weighted by Crippen LogP contribution is 2.41. The van der Waals surface area contributed by atoms with E-state index in [1.54, 1.807) is 6.92 Å². The predicted octanol–water partition coefficient (Wildman–Crippen LogP) is 7.19. The van der Waals surface area contributed by atoms with Gasteiger partial charge >= 0.3 is 0 Å². The van der Waals surface area contributed by atoms with Crippen molar-refractivity contribution in [3.63, 3.8) is 0 Å². The van der Waals surface area contributed by atoms with Gasteiger partial charge in [0.25, 0.3) is 0 Å². The Morgan fingerprint density at radius 3 is 2.52 bits per heavy atom. The minimum atomic E-state index is 0.371. The molecule has 3 rings (SSSR count). The van der Waals surface area contributed by atoms with E-state index in [9.17, 15) is 0 Å². The van der Waals surface area contributed by atoms with Crippen molar-refractivity contribution in [2.75, 3.05) is 13.1 Å².